The first-order valence-electron chi connectivity index (χ1n) is 5.62. The van der Waals surface area contributed by atoms with Crippen molar-refractivity contribution >= 4 is 18.8 Å². The molecule has 0 bridgehead atoms. The second-order valence-corrected chi connectivity index (χ2v) is 5.78. The van der Waals surface area contributed by atoms with Crippen molar-refractivity contribution in [2.24, 2.45) is 5.73 Å². The molecule has 1 aromatic rings. The molecule has 0 aromatic carbocycles. The van der Waals surface area contributed by atoms with Crippen LogP contribution in [0.3, 0.4) is 0 Å². The normalized spacial score (nSPS) is 19.8. The Labute approximate surface area is 104 Å². The highest BCUT2D eigenvalue weighted by molar-refractivity contribution is 7.60. The van der Waals surface area contributed by atoms with Gasteiger partial charge in [-0.25, -0.2) is 4.98 Å². The molecule has 0 saturated heterocycles. The molecule has 0 spiro atoms. The zero-order chi connectivity index (χ0) is 13.3. The van der Waals surface area contributed by atoms with Crippen LogP contribution in [-0.2, 0) is 4.57 Å². The van der Waals surface area contributed by atoms with Gasteiger partial charge in [-0.15, -0.1) is 0 Å². The first-order valence-corrected chi connectivity index (χ1v) is 7.23. The highest BCUT2D eigenvalue weighted by atomic mass is 31.2. The van der Waals surface area contributed by atoms with Crippen molar-refractivity contribution in [3.05, 3.63) is 17.7 Å². The zero-order valence-corrected chi connectivity index (χ0v) is 10.6. The number of hydrogen-bond donors (Lipinski definition) is 4. The molecule has 100 valence electrons. The third-order valence-electron chi connectivity index (χ3n) is 2.97. The van der Waals surface area contributed by atoms with E-state index in [2.05, 4.69) is 4.98 Å². The lowest BCUT2D eigenvalue weighted by atomic mass is 10.0. The number of nitrogens with two attached hydrogens (primary N) is 1. The SMILES string of the molecule is NC1CCN(CCO)c2nc(P(=O)(O)O)ccc21. The van der Waals surface area contributed by atoms with Gasteiger partial charge in [-0.3, -0.25) is 4.57 Å². The molecule has 1 aliphatic heterocycles. The monoisotopic (exact) mass is 273 g/mol. The van der Waals surface area contributed by atoms with Crippen LogP contribution in [0.1, 0.15) is 18.0 Å². The molecule has 0 radical (unpaired) electrons. The Morgan fingerprint density at radius 2 is 2.22 bits per heavy atom. The molecule has 0 amide bonds. The van der Waals surface area contributed by atoms with Crippen LogP contribution in [-0.4, -0.2) is 39.6 Å². The Balaban J connectivity index is 2.46. The molecule has 2 rings (SSSR count). The molecule has 1 unspecified atom stereocenters. The van der Waals surface area contributed by atoms with E-state index in [1.54, 1.807) is 11.0 Å². The molecule has 2 heterocycles. The van der Waals surface area contributed by atoms with Gasteiger partial charge in [0.1, 0.15) is 5.82 Å². The van der Waals surface area contributed by atoms with E-state index in [1.165, 1.54) is 6.07 Å². The molecular formula is C10H16N3O4P. The van der Waals surface area contributed by atoms with Crippen LogP contribution in [0, 0.1) is 0 Å². The van der Waals surface area contributed by atoms with Gasteiger partial charge in [0.25, 0.3) is 0 Å². The highest BCUT2D eigenvalue weighted by Gasteiger charge is 2.27. The molecule has 18 heavy (non-hydrogen) atoms. The second-order valence-electron chi connectivity index (χ2n) is 4.23. The van der Waals surface area contributed by atoms with Gasteiger partial charge in [0.05, 0.1) is 6.61 Å². The van der Waals surface area contributed by atoms with Crippen molar-refractivity contribution in [1.29, 1.82) is 0 Å². The van der Waals surface area contributed by atoms with Crippen molar-refractivity contribution in [3.8, 4) is 0 Å². The molecule has 1 atom stereocenters. The van der Waals surface area contributed by atoms with Crippen molar-refractivity contribution in [3.63, 3.8) is 0 Å². The fourth-order valence-electron chi connectivity index (χ4n) is 2.05. The van der Waals surface area contributed by atoms with Crippen LogP contribution in [0.2, 0.25) is 0 Å². The van der Waals surface area contributed by atoms with Gasteiger partial charge in [0.2, 0.25) is 0 Å². The van der Waals surface area contributed by atoms with Gasteiger partial charge < -0.3 is 25.5 Å². The Morgan fingerprint density at radius 1 is 1.50 bits per heavy atom. The molecule has 1 aliphatic rings. The predicted molar refractivity (Wildman–Crippen MR) is 66.8 cm³/mol. The second kappa shape index (κ2) is 4.95. The molecule has 7 nitrogen and oxygen atoms in total. The lowest BCUT2D eigenvalue weighted by molar-refractivity contribution is 0.299. The summed E-state index contributed by atoms with van der Waals surface area (Å²) in [6.07, 6.45) is 0.726. The van der Waals surface area contributed by atoms with Gasteiger partial charge in [0, 0.05) is 24.7 Å². The van der Waals surface area contributed by atoms with E-state index in [0.717, 1.165) is 12.0 Å². The third kappa shape index (κ3) is 2.55. The van der Waals surface area contributed by atoms with Crippen molar-refractivity contribution in [2.75, 3.05) is 24.6 Å². The number of nitrogens with zero attached hydrogens (tertiary/aromatic N) is 2. The molecule has 5 N–H and O–H groups in total. The minimum atomic E-state index is -4.37. The molecule has 0 aliphatic carbocycles. The van der Waals surface area contributed by atoms with Gasteiger partial charge in [-0.1, -0.05) is 6.07 Å². The summed E-state index contributed by atoms with van der Waals surface area (Å²) in [7, 11) is -4.37. The quantitative estimate of drug-likeness (QED) is 0.526. The summed E-state index contributed by atoms with van der Waals surface area (Å²) in [6, 6.07) is 2.72. The first kappa shape index (κ1) is 13.5. The summed E-state index contributed by atoms with van der Waals surface area (Å²) in [4.78, 5) is 24.0. The van der Waals surface area contributed by atoms with E-state index < -0.39 is 7.60 Å². The van der Waals surface area contributed by atoms with Crippen LogP contribution in [0.4, 0.5) is 5.82 Å². The standard InChI is InChI=1S/C10H16N3O4P/c11-8-3-4-13(5-6-14)10-7(8)1-2-9(12-10)18(15,16)17/h1-2,8,14H,3-6,11H2,(H2,15,16,17). The van der Waals surface area contributed by atoms with Crippen molar-refractivity contribution < 1.29 is 19.5 Å². The summed E-state index contributed by atoms with van der Waals surface area (Å²) in [6.45, 7) is 0.945. The number of aromatic nitrogens is 1. The summed E-state index contributed by atoms with van der Waals surface area (Å²) in [5, 5.41) is 8.98. The largest absolute Gasteiger partial charge is 0.395 e. The number of rotatable bonds is 3. The van der Waals surface area contributed by atoms with E-state index in [4.69, 9.17) is 20.6 Å². The van der Waals surface area contributed by atoms with Crippen molar-refractivity contribution in [2.45, 2.75) is 12.5 Å². The van der Waals surface area contributed by atoms with Gasteiger partial charge in [-0.05, 0) is 12.5 Å². The minimum absolute atomic E-state index is 0.0451. The Hall–Kier alpha value is -0.980. The van der Waals surface area contributed by atoms with Crippen LogP contribution < -0.4 is 16.1 Å². The number of aliphatic hydroxyl groups is 1. The summed E-state index contributed by atoms with van der Waals surface area (Å²) >= 11 is 0. The van der Waals surface area contributed by atoms with Crippen molar-refractivity contribution in [1.82, 2.24) is 4.98 Å². The Bertz CT molecular complexity index is 490. The average Bonchev–Trinajstić information content (AvgIpc) is 2.31. The van der Waals surface area contributed by atoms with Crippen LogP contribution >= 0.6 is 7.60 Å². The number of fused-ring (bicyclic) bond motifs is 1. The number of aliphatic hydroxyl groups excluding tert-OH is 1. The molecular weight excluding hydrogens is 257 g/mol. The smallest absolute Gasteiger partial charge is 0.374 e. The highest BCUT2D eigenvalue weighted by Crippen LogP contribution is 2.36. The maximum Gasteiger partial charge on any atom is 0.374 e. The molecule has 8 heteroatoms. The molecule has 1 aromatic heterocycles. The topological polar surface area (TPSA) is 120 Å². The lowest BCUT2D eigenvalue weighted by Crippen LogP contribution is -2.37. The van der Waals surface area contributed by atoms with E-state index in [-0.39, 0.29) is 18.1 Å². The van der Waals surface area contributed by atoms with Gasteiger partial charge in [-0.2, -0.15) is 0 Å². The number of anilines is 1. The lowest BCUT2D eigenvalue weighted by Gasteiger charge is -2.33. The van der Waals surface area contributed by atoms with E-state index >= 15 is 0 Å². The zero-order valence-electron chi connectivity index (χ0n) is 9.73. The van der Waals surface area contributed by atoms with Gasteiger partial charge in [0.15, 0.2) is 5.44 Å². The molecule has 0 fully saturated rings. The average molecular weight is 273 g/mol. The maximum atomic E-state index is 11.2. The predicted octanol–water partition coefficient (Wildman–Crippen LogP) is -0.913. The fraction of sp³-hybridized carbons (Fsp3) is 0.500. The van der Waals surface area contributed by atoms with E-state index in [1.807, 2.05) is 0 Å². The summed E-state index contributed by atoms with van der Waals surface area (Å²) < 4.78 is 11.2. The van der Waals surface area contributed by atoms with Crippen LogP contribution in [0.25, 0.3) is 0 Å². The Morgan fingerprint density at radius 3 is 2.83 bits per heavy atom. The number of pyridine rings is 1. The van der Waals surface area contributed by atoms with Crippen LogP contribution in [0.15, 0.2) is 12.1 Å². The van der Waals surface area contributed by atoms with Crippen LogP contribution in [0.5, 0.6) is 0 Å². The number of β-amino-alcohol motifs (C(OH)–C–C–N with tert-alkyl or cyclic N) is 1. The van der Waals surface area contributed by atoms with E-state index in [9.17, 15) is 4.57 Å². The summed E-state index contributed by atoms with van der Waals surface area (Å²) in [5.74, 6) is 0.462. The summed E-state index contributed by atoms with van der Waals surface area (Å²) in [5.41, 5.74) is 6.43. The minimum Gasteiger partial charge on any atom is -0.395 e. The fourth-order valence-corrected chi connectivity index (χ4v) is 2.54. The molecule has 0 saturated carbocycles. The third-order valence-corrected chi connectivity index (χ3v) is 3.81. The number of hydrogen-bond acceptors (Lipinski definition) is 5. The maximum absolute atomic E-state index is 11.2. The Kier molecular flexibility index (Phi) is 3.70. The first-order chi connectivity index (χ1) is 8.43. The van der Waals surface area contributed by atoms with E-state index in [0.29, 0.717) is 18.9 Å². The van der Waals surface area contributed by atoms with Gasteiger partial charge >= 0.3 is 7.60 Å².